The zero-order valence-electron chi connectivity index (χ0n) is 8.19. The maximum Gasteiger partial charge on any atom is 0.103 e. The first-order valence-electron chi connectivity index (χ1n) is 5.10. The molecule has 0 amide bonds. The third-order valence-corrected chi connectivity index (χ3v) is 2.68. The Bertz CT molecular complexity index is 313. The van der Waals surface area contributed by atoms with Crippen LogP contribution in [-0.4, -0.2) is 10.8 Å². The van der Waals surface area contributed by atoms with Gasteiger partial charge in [-0.2, -0.15) is 0 Å². The molecule has 0 bridgehead atoms. The van der Waals surface area contributed by atoms with Crippen molar-refractivity contribution in [2.24, 2.45) is 16.6 Å². The van der Waals surface area contributed by atoms with Crippen molar-refractivity contribution in [1.82, 2.24) is 4.98 Å². The molecule has 1 saturated carbocycles. The molecule has 2 N–H and O–H groups in total. The van der Waals surface area contributed by atoms with E-state index in [9.17, 15) is 0 Å². The minimum Gasteiger partial charge on any atom is -0.387 e. The van der Waals surface area contributed by atoms with Crippen LogP contribution in [0, 0.1) is 5.92 Å². The van der Waals surface area contributed by atoms with Crippen molar-refractivity contribution in [2.45, 2.75) is 25.7 Å². The van der Waals surface area contributed by atoms with Crippen LogP contribution in [0.3, 0.4) is 0 Å². The third kappa shape index (κ3) is 2.10. The fourth-order valence-electron chi connectivity index (χ4n) is 1.88. The second-order valence-corrected chi connectivity index (χ2v) is 3.73. The standard InChI is InChI=1S/C11H15N3/c12-11(9-4-1-2-5-9)14-10-6-3-7-13-8-10/h3,6-9H,1-2,4-5H2,(H2,12,14). The summed E-state index contributed by atoms with van der Waals surface area (Å²) in [6, 6.07) is 3.80. The summed E-state index contributed by atoms with van der Waals surface area (Å²) >= 11 is 0. The maximum atomic E-state index is 5.93. The van der Waals surface area contributed by atoms with Gasteiger partial charge in [0, 0.05) is 12.1 Å². The number of amidine groups is 1. The summed E-state index contributed by atoms with van der Waals surface area (Å²) in [6.45, 7) is 0. The average Bonchev–Trinajstić information content (AvgIpc) is 2.72. The van der Waals surface area contributed by atoms with Gasteiger partial charge in [0.05, 0.1) is 11.9 Å². The van der Waals surface area contributed by atoms with Crippen molar-refractivity contribution in [3.05, 3.63) is 24.5 Å². The molecule has 0 atom stereocenters. The number of hydrogen-bond acceptors (Lipinski definition) is 2. The smallest absolute Gasteiger partial charge is 0.103 e. The average molecular weight is 189 g/mol. The molecule has 0 aromatic carbocycles. The lowest BCUT2D eigenvalue weighted by molar-refractivity contribution is 0.722. The number of aliphatic imine (C=N–C) groups is 1. The third-order valence-electron chi connectivity index (χ3n) is 2.68. The largest absolute Gasteiger partial charge is 0.387 e. The highest BCUT2D eigenvalue weighted by Gasteiger charge is 2.18. The minimum atomic E-state index is 0.496. The highest BCUT2D eigenvalue weighted by Crippen LogP contribution is 2.25. The van der Waals surface area contributed by atoms with Gasteiger partial charge in [-0.05, 0) is 25.0 Å². The summed E-state index contributed by atoms with van der Waals surface area (Å²) in [5.41, 5.74) is 6.79. The van der Waals surface area contributed by atoms with Crippen molar-refractivity contribution in [1.29, 1.82) is 0 Å². The Morgan fingerprint density at radius 2 is 2.21 bits per heavy atom. The summed E-state index contributed by atoms with van der Waals surface area (Å²) in [5.74, 6) is 1.27. The van der Waals surface area contributed by atoms with E-state index >= 15 is 0 Å². The highest BCUT2D eigenvalue weighted by molar-refractivity contribution is 5.85. The van der Waals surface area contributed by atoms with Crippen LogP contribution in [0.5, 0.6) is 0 Å². The second-order valence-electron chi connectivity index (χ2n) is 3.73. The van der Waals surface area contributed by atoms with Gasteiger partial charge in [-0.15, -0.1) is 0 Å². The van der Waals surface area contributed by atoms with Crippen molar-refractivity contribution >= 4 is 11.5 Å². The van der Waals surface area contributed by atoms with Gasteiger partial charge in [-0.3, -0.25) is 4.98 Å². The molecule has 14 heavy (non-hydrogen) atoms. The molecule has 3 nitrogen and oxygen atoms in total. The van der Waals surface area contributed by atoms with Gasteiger partial charge < -0.3 is 5.73 Å². The summed E-state index contributed by atoms with van der Waals surface area (Å²) in [4.78, 5) is 8.37. The number of aromatic nitrogens is 1. The number of nitrogens with zero attached hydrogens (tertiary/aromatic N) is 2. The predicted octanol–water partition coefficient (Wildman–Crippen LogP) is 2.26. The molecular weight excluding hydrogens is 174 g/mol. The van der Waals surface area contributed by atoms with Gasteiger partial charge in [0.2, 0.25) is 0 Å². The van der Waals surface area contributed by atoms with Gasteiger partial charge in [0.15, 0.2) is 0 Å². The van der Waals surface area contributed by atoms with E-state index in [0.717, 1.165) is 11.5 Å². The molecule has 0 spiro atoms. The quantitative estimate of drug-likeness (QED) is 0.573. The lowest BCUT2D eigenvalue weighted by Crippen LogP contribution is -2.20. The molecule has 3 heteroatoms. The first-order chi connectivity index (χ1) is 6.86. The van der Waals surface area contributed by atoms with Crippen LogP contribution in [0.15, 0.2) is 29.5 Å². The SMILES string of the molecule is NC(=Nc1cccnc1)C1CCCC1. The molecule has 1 heterocycles. The molecule has 1 aliphatic rings. The van der Waals surface area contributed by atoms with Gasteiger partial charge in [-0.1, -0.05) is 12.8 Å². The summed E-state index contributed by atoms with van der Waals surface area (Å²) in [7, 11) is 0. The maximum absolute atomic E-state index is 5.93. The second kappa shape index (κ2) is 4.22. The number of hydrogen-bond donors (Lipinski definition) is 1. The van der Waals surface area contributed by atoms with E-state index in [0.29, 0.717) is 5.92 Å². The topological polar surface area (TPSA) is 51.3 Å². The van der Waals surface area contributed by atoms with Crippen molar-refractivity contribution < 1.29 is 0 Å². The van der Waals surface area contributed by atoms with E-state index < -0.39 is 0 Å². The fourth-order valence-corrected chi connectivity index (χ4v) is 1.88. The van der Waals surface area contributed by atoms with Gasteiger partial charge in [0.1, 0.15) is 5.84 Å². The van der Waals surface area contributed by atoms with E-state index in [-0.39, 0.29) is 0 Å². The Labute approximate surface area is 84.1 Å². The van der Waals surface area contributed by atoms with Crippen LogP contribution in [0.25, 0.3) is 0 Å². The normalized spacial score (nSPS) is 18.7. The molecule has 2 rings (SSSR count). The molecule has 74 valence electrons. The molecular formula is C11H15N3. The molecule has 0 aliphatic heterocycles. The summed E-state index contributed by atoms with van der Waals surface area (Å²) in [6.07, 6.45) is 8.43. The Morgan fingerprint density at radius 3 is 2.86 bits per heavy atom. The molecule has 1 aliphatic carbocycles. The zero-order chi connectivity index (χ0) is 9.80. The lowest BCUT2D eigenvalue weighted by atomic mass is 10.1. The highest BCUT2D eigenvalue weighted by atomic mass is 14.9. The molecule has 0 radical (unpaired) electrons. The van der Waals surface area contributed by atoms with Crippen LogP contribution < -0.4 is 5.73 Å². The Hall–Kier alpha value is -1.38. The minimum absolute atomic E-state index is 0.496. The molecule has 1 aromatic heterocycles. The Balaban J connectivity index is 2.10. The number of pyridine rings is 1. The Kier molecular flexibility index (Phi) is 2.77. The lowest BCUT2D eigenvalue weighted by Gasteiger charge is -2.07. The monoisotopic (exact) mass is 189 g/mol. The number of rotatable bonds is 2. The van der Waals surface area contributed by atoms with Crippen molar-refractivity contribution in [2.75, 3.05) is 0 Å². The van der Waals surface area contributed by atoms with Gasteiger partial charge in [0.25, 0.3) is 0 Å². The van der Waals surface area contributed by atoms with Gasteiger partial charge >= 0.3 is 0 Å². The fraction of sp³-hybridized carbons (Fsp3) is 0.455. The molecule has 1 fully saturated rings. The van der Waals surface area contributed by atoms with E-state index in [2.05, 4.69) is 9.98 Å². The van der Waals surface area contributed by atoms with Crippen LogP contribution in [-0.2, 0) is 0 Å². The van der Waals surface area contributed by atoms with Crippen molar-refractivity contribution in [3.63, 3.8) is 0 Å². The summed E-state index contributed by atoms with van der Waals surface area (Å²) in [5, 5.41) is 0. The molecule has 1 aromatic rings. The Morgan fingerprint density at radius 1 is 1.43 bits per heavy atom. The zero-order valence-corrected chi connectivity index (χ0v) is 8.19. The predicted molar refractivity (Wildman–Crippen MR) is 57.5 cm³/mol. The number of nitrogens with two attached hydrogens (primary N) is 1. The van der Waals surface area contributed by atoms with E-state index in [1.807, 2.05) is 12.1 Å². The van der Waals surface area contributed by atoms with Crippen LogP contribution >= 0.6 is 0 Å². The van der Waals surface area contributed by atoms with Crippen LogP contribution in [0.1, 0.15) is 25.7 Å². The summed E-state index contributed by atoms with van der Waals surface area (Å²) < 4.78 is 0. The first kappa shape index (κ1) is 9.19. The van der Waals surface area contributed by atoms with Crippen molar-refractivity contribution in [3.8, 4) is 0 Å². The molecule has 0 unspecified atom stereocenters. The van der Waals surface area contributed by atoms with E-state index in [1.54, 1.807) is 12.4 Å². The van der Waals surface area contributed by atoms with E-state index in [1.165, 1.54) is 25.7 Å². The van der Waals surface area contributed by atoms with Crippen LogP contribution in [0.2, 0.25) is 0 Å². The van der Waals surface area contributed by atoms with Crippen LogP contribution in [0.4, 0.5) is 5.69 Å². The van der Waals surface area contributed by atoms with Gasteiger partial charge in [-0.25, -0.2) is 4.99 Å². The van der Waals surface area contributed by atoms with E-state index in [4.69, 9.17) is 5.73 Å². The first-order valence-corrected chi connectivity index (χ1v) is 5.10. The molecule has 0 saturated heterocycles.